The first-order chi connectivity index (χ1) is 50.0. The summed E-state index contributed by atoms with van der Waals surface area (Å²) in [7, 11) is -9.92. The van der Waals surface area contributed by atoms with Gasteiger partial charge in [-0.3, -0.25) is 37.3 Å². The summed E-state index contributed by atoms with van der Waals surface area (Å²) >= 11 is 0. The average Bonchev–Trinajstić information content (AvgIpc) is 0.918. The predicted molar refractivity (Wildman–Crippen MR) is 423 cm³/mol. The molecule has 0 bridgehead atoms. The van der Waals surface area contributed by atoms with Gasteiger partial charge in [0.2, 0.25) is 0 Å². The smallest absolute Gasteiger partial charge is 0.462 e. The van der Waals surface area contributed by atoms with E-state index in [1.807, 2.05) is 0 Å². The van der Waals surface area contributed by atoms with Crippen molar-refractivity contribution in [2.75, 3.05) is 39.6 Å². The van der Waals surface area contributed by atoms with E-state index >= 15 is 0 Å². The molecule has 0 aliphatic carbocycles. The third-order valence-corrected chi connectivity index (χ3v) is 21.7. The van der Waals surface area contributed by atoms with Gasteiger partial charge in [-0.05, 0) is 31.6 Å². The minimum Gasteiger partial charge on any atom is -0.462 e. The van der Waals surface area contributed by atoms with Gasteiger partial charge in [0.1, 0.15) is 19.3 Å². The number of hydrogen-bond donors (Lipinski definition) is 3. The van der Waals surface area contributed by atoms with Crippen LogP contribution >= 0.6 is 15.6 Å². The van der Waals surface area contributed by atoms with Crippen molar-refractivity contribution in [2.45, 2.75) is 470 Å². The maximum atomic E-state index is 13.1. The Bertz CT molecular complexity index is 1960. The number of hydrogen-bond acceptors (Lipinski definition) is 15. The van der Waals surface area contributed by atoms with Crippen LogP contribution in [0.2, 0.25) is 0 Å². The predicted octanol–water partition coefficient (Wildman–Crippen LogP) is 25.6. The highest BCUT2D eigenvalue weighted by molar-refractivity contribution is 7.47. The average molecular weight is 1510 g/mol. The van der Waals surface area contributed by atoms with E-state index in [-0.39, 0.29) is 25.7 Å². The fourth-order valence-corrected chi connectivity index (χ4v) is 14.7. The standard InChI is InChI=1S/C84H164O17P2/c1-6-9-12-15-18-21-24-27-30-33-36-38-41-44-47-52-57-62-67-81(86)94-73-79(100-83(88)69-65-60-54-49-46-43-40-37-34-31-28-25-22-19-16-13-10-7-2)75-98-102(90,91)96-71-78(85)72-97-103(92,93)99-76-80(74-95-82(87)68-63-58-55-50-51-56-61-66-77(4)5)101-84(89)70-64-59-53-48-45-42-39-35-32-29-26-23-20-17-14-11-8-3/h77-80,85H,6-76H2,1-5H3,(H,90,91)(H,92,93)/t78-,79-,80-/m1/s1. The van der Waals surface area contributed by atoms with Crippen molar-refractivity contribution < 1.29 is 80.2 Å². The Morgan fingerprint density at radius 1 is 0.262 bits per heavy atom. The van der Waals surface area contributed by atoms with Gasteiger partial charge >= 0.3 is 39.5 Å². The van der Waals surface area contributed by atoms with Crippen molar-refractivity contribution in [1.29, 1.82) is 0 Å². The molecule has 0 radical (unpaired) electrons. The molecule has 0 aliphatic rings. The Morgan fingerprint density at radius 2 is 0.447 bits per heavy atom. The summed E-state index contributed by atoms with van der Waals surface area (Å²) in [5.41, 5.74) is 0. The molecule has 0 aliphatic heterocycles. The summed E-state index contributed by atoms with van der Waals surface area (Å²) in [6.07, 6.45) is 69.5. The molecule has 0 aromatic heterocycles. The Hall–Kier alpha value is -1.94. The zero-order chi connectivity index (χ0) is 75.5. The Balaban J connectivity index is 5.23. The van der Waals surface area contributed by atoms with E-state index in [4.69, 9.17) is 37.0 Å². The molecule has 17 nitrogen and oxygen atoms in total. The minimum absolute atomic E-state index is 0.108. The van der Waals surface area contributed by atoms with Gasteiger partial charge in [-0.2, -0.15) is 0 Å². The normalized spacial score (nSPS) is 13.8. The first-order valence-electron chi connectivity index (χ1n) is 43.6. The van der Waals surface area contributed by atoms with Gasteiger partial charge in [0, 0.05) is 25.7 Å². The fraction of sp³-hybridized carbons (Fsp3) is 0.952. The number of ether oxygens (including phenoxy) is 4. The second-order valence-electron chi connectivity index (χ2n) is 30.7. The van der Waals surface area contributed by atoms with Crippen molar-refractivity contribution >= 4 is 39.5 Å². The van der Waals surface area contributed by atoms with Gasteiger partial charge in [-0.15, -0.1) is 0 Å². The van der Waals surface area contributed by atoms with E-state index in [1.165, 1.54) is 270 Å². The van der Waals surface area contributed by atoms with E-state index in [9.17, 15) is 43.2 Å². The number of carbonyl (C=O) groups excluding carboxylic acids is 4. The molecule has 19 heteroatoms. The lowest BCUT2D eigenvalue weighted by Crippen LogP contribution is -2.30. The summed E-state index contributed by atoms with van der Waals surface area (Å²) in [5, 5.41) is 10.7. The molecule has 3 N–H and O–H groups in total. The number of aliphatic hydroxyl groups is 1. The van der Waals surface area contributed by atoms with Crippen LogP contribution < -0.4 is 0 Å². The van der Waals surface area contributed by atoms with Gasteiger partial charge < -0.3 is 33.8 Å². The molecular weight excluding hydrogens is 1340 g/mol. The summed E-state index contributed by atoms with van der Waals surface area (Å²) < 4.78 is 68.8. The molecule has 5 atom stereocenters. The van der Waals surface area contributed by atoms with Crippen LogP contribution in [0.5, 0.6) is 0 Å². The highest BCUT2D eigenvalue weighted by Gasteiger charge is 2.30. The lowest BCUT2D eigenvalue weighted by molar-refractivity contribution is -0.161. The highest BCUT2D eigenvalue weighted by atomic mass is 31.2. The Morgan fingerprint density at radius 3 is 0.660 bits per heavy atom. The highest BCUT2D eigenvalue weighted by Crippen LogP contribution is 2.45. The van der Waals surface area contributed by atoms with Crippen LogP contribution in [0.15, 0.2) is 0 Å². The van der Waals surface area contributed by atoms with E-state index in [2.05, 4.69) is 34.6 Å². The molecule has 0 aromatic rings. The van der Waals surface area contributed by atoms with Gasteiger partial charge in [-0.25, -0.2) is 9.13 Å². The van der Waals surface area contributed by atoms with Crippen molar-refractivity contribution in [3.63, 3.8) is 0 Å². The molecule has 0 saturated carbocycles. The first-order valence-corrected chi connectivity index (χ1v) is 46.6. The number of esters is 4. The second kappa shape index (κ2) is 76.8. The third kappa shape index (κ3) is 78.0. The Labute approximate surface area is 632 Å². The van der Waals surface area contributed by atoms with Crippen molar-refractivity contribution in [1.82, 2.24) is 0 Å². The number of phosphoric ester groups is 2. The third-order valence-electron chi connectivity index (χ3n) is 19.8. The molecular formula is C84H164O17P2. The molecule has 103 heavy (non-hydrogen) atoms. The zero-order valence-corrected chi connectivity index (χ0v) is 69.3. The van der Waals surface area contributed by atoms with E-state index in [0.717, 1.165) is 96.3 Å². The summed E-state index contributed by atoms with van der Waals surface area (Å²) in [6.45, 7) is 7.30. The van der Waals surface area contributed by atoms with Crippen LogP contribution in [-0.2, 0) is 65.4 Å². The number of aliphatic hydroxyl groups excluding tert-OH is 1. The fourth-order valence-electron chi connectivity index (χ4n) is 13.1. The molecule has 0 spiro atoms. The van der Waals surface area contributed by atoms with Crippen LogP contribution in [0.1, 0.15) is 452 Å². The van der Waals surface area contributed by atoms with Gasteiger partial charge in [0.15, 0.2) is 12.2 Å². The first kappa shape index (κ1) is 101. The number of phosphoric acid groups is 2. The molecule has 0 aromatic carbocycles. The summed E-state index contributed by atoms with van der Waals surface area (Å²) in [4.78, 5) is 73.1. The second-order valence-corrected chi connectivity index (χ2v) is 33.6. The van der Waals surface area contributed by atoms with Crippen LogP contribution in [0.25, 0.3) is 0 Å². The van der Waals surface area contributed by atoms with Gasteiger partial charge in [-0.1, -0.05) is 401 Å². The quantitative estimate of drug-likeness (QED) is 0.0222. The SMILES string of the molecule is CCCCCCCCCCCCCCCCCCCCC(=O)OC[C@H](COP(=O)(O)OC[C@@H](O)COP(=O)(O)OC[C@@H](COC(=O)CCCCCCCCCC(C)C)OC(=O)CCCCCCCCCCCCCCCCCCC)OC(=O)CCCCCCCCCCCCCCCCCCCC. The van der Waals surface area contributed by atoms with Crippen molar-refractivity contribution in [3.05, 3.63) is 0 Å². The number of carbonyl (C=O) groups is 4. The molecule has 612 valence electrons. The molecule has 0 fully saturated rings. The molecule has 2 unspecified atom stereocenters. The van der Waals surface area contributed by atoms with Gasteiger partial charge in [0.05, 0.1) is 26.4 Å². The largest absolute Gasteiger partial charge is 0.472 e. The molecule has 0 amide bonds. The lowest BCUT2D eigenvalue weighted by atomic mass is 10.0. The molecule has 0 heterocycles. The topological polar surface area (TPSA) is 237 Å². The minimum atomic E-state index is -4.96. The van der Waals surface area contributed by atoms with Crippen LogP contribution in [-0.4, -0.2) is 96.7 Å². The van der Waals surface area contributed by atoms with Crippen molar-refractivity contribution in [2.24, 2.45) is 5.92 Å². The van der Waals surface area contributed by atoms with Crippen LogP contribution in [0, 0.1) is 5.92 Å². The molecule has 0 saturated heterocycles. The maximum Gasteiger partial charge on any atom is 0.472 e. The van der Waals surface area contributed by atoms with Crippen LogP contribution in [0.4, 0.5) is 0 Å². The van der Waals surface area contributed by atoms with E-state index < -0.39 is 97.5 Å². The zero-order valence-electron chi connectivity index (χ0n) is 67.5. The number of rotatable bonds is 84. The Kier molecular flexibility index (Phi) is 75.4. The number of unbranched alkanes of at least 4 members (excludes halogenated alkanes) is 56. The van der Waals surface area contributed by atoms with E-state index in [1.54, 1.807) is 0 Å². The van der Waals surface area contributed by atoms with E-state index in [0.29, 0.717) is 31.6 Å². The molecule has 0 rings (SSSR count). The van der Waals surface area contributed by atoms with Crippen LogP contribution in [0.3, 0.4) is 0 Å². The lowest BCUT2D eigenvalue weighted by Gasteiger charge is -2.21. The van der Waals surface area contributed by atoms with Gasteiger partial charge in [0.25, 0.3) is 0 Å². The summed E-state index contributed by atoms with van der Waals surface area (Å²) in [5.74, 6) is -1.40. The summed E-state index contributed by atoms with van der Waals surface area (Å²) in [6, 6.07) is 0. The van der Waals surface area contributed by atoms with Crippen molar-refractivity contribution in [3.8, 4) is 0 Å². The maximum absolute atomic E-state index is 13.1. The monoisotopic (exact) mass is 1510 g/mol.